The molecule has 0 saturated carbocycles. The van der Waals surface area contributed by atoms with Crippen LogP contribution in [0, 0.1) is 0 Å². The van der Waals surface area contributed by atoms with Crippen LogP contribution in [-0.2, 0) is 4.74 Å². The lowest BCUT2D eigenvalue weighted by atomic mass is 10.3. The van der Waals surface area contributed by atoms with Crippen molar-refractivity contribution in [3.63, 3.8) is 0 Å². The predicted molar refractivity (Wildman–Crippen MR) is 77.0 cm³/mol. The van der Waals surface area contributed by atoms with E-state index in [0.29, 0.717) is 18.3 Å². The number of benzene rings is 1. The fourth-order valence-corrected chi connectivity index (χ4v) is 1.54. The minimum Gasteiger partial charge on any atom is -0.492 e. The van der Waals surface area contributed by atoms with E-state index < -0.39 is 0 Å². The SMILES string of the molecule is COCCCNC(=S)NCCOc1ccccc1. The molecule has 0 fully saturated rings. The van der Waals surface area contributed by atoms with Crippen molar-refractivity contribution in [1.82, 2.24) is 10.6 Å². The molecule has 0 aromatic heterocycles. The van der Waals surface area contributed by atoms with Gasteiger partial charge in [-0.15, -0.1) is 0 Å². The average molecular weight is 268 g/mol. The summed E-state index contributed by atoms with van der Waals surface area (Å²) in [5.41, 5.74) is 0. The number of ether oxygens (including phenoxy) is 2. The normalized spacial score (nSPS) is 9.83. The number of para-hydroxylation sites is 1. The molecule has 100 valence electrons. The monoisotopic (exact) mass is 268 g/mol. The van der Waals surface area contributed by atoms with Crippen molar-refractivity contribution in [2.45, 2.75) is 6.42 Å². The van der Waals surface area contributed by atoms with Crippen LogP contribution in [0.1, 0.15) is 6.42 Å². The quantitative estimate of drug-likeness (QED) is 0.553. The first-order valence-electron chi connectivity index (χ1n) is 6.01. The molecule has 0 radical (unpaired) electrons. The third-order valence-corrected chi connectivity index (χ3v) is 2.50. The standard InChI is InChI=1S/C13H20N2O2S/c1-16-10-5-8-14-13(18)15-9-11-17-12-6-3-2-4-7-12/h2-4,6-7H,5,8-11H2,1H3,(H2,14,15,18). The van der Waals surface area contributed by atoms with Gasteiger partial charge in [0.05, 0.1) is 6.54 Å². The van der Waals surface area contributed by atoms with E-state index in [1.165, 1.54) is 0 Å². The maximum absolute atomic E-state index is 5.53. The van der Waals surface area contributed by atoms with Crippen LogP contribution in [0.25, 0.3) is 0 Å². The van der Waals surface area contributed by atoms with E-state index in [1.54, 1.807) is 7.11 Å². The van der Waals surface area contributed by atoms with Crippen molar-refractivity contribution in [2.24, 2.45) is 0 Å². The number of hydrogen-bond acceptors (Lipinski definition) is 3. The van der Waals surface area contributed by atoms with Gasteiger partial charge in [0, 0.05) is 20.3 Å². The third kappa shape index (κ3) is 7.09. The highest BCUT2D eigenvalue weighted by molar-refractivity contribution is 7.80. The Kier molecular flexibility index (Phi) is 7.92. The zero-order chi connectivity index (χ0) is 13.1. The zero-order valence-corrected chi connectivity index (χ0v) is 11.5. The van der Waals surface area contributed by atoms with E-state index in [1.807, 2.05) is 30.3 Å². The molecule has 4 nitrogen and oxygen atoms in total. The van der Waals surface area contributed by atoms with Crippen LogP contribution in [0.15, 0.2) is 30.3 Å². The van der Waals surface area contributed by atoms with Crippen LogP contribution in [0.5, 0.6) is 5.75 Å². The first kappa shape index (κ1) is 14.7. The van der Waals surface area contributed by atoms with Crippen LogP contribution < -0.4 is 15.4 Å². The first-order valence-corrected chi connectivity index (χ1v) is 6.42. The van der Waals surface area contributed by atoms with Crippen molar-refractivity contribution in [2.75, 3.05) is 33.4 Å². The molecule has 0 unspecified atom stereocenters. The lowest BCUT2D eigenvalue weighted by Gasteiger charge is -2.11. The molecule has 0 bridgehead atoms. The Morgan fingerprint density at radius 1 is 1.11 bits per heavy atom. The predicted octanol–water partition coefficient (Wildman–Crippen LogP) is 1.57. The largest absolute Gasteiger partial charge is 0.492 e. The molecule has 1 rings (SSSR count). The molecule has 1 aromatic rings. The number of methoxy groups -OCH3 is 1. The highest BCUT2D eigenvalue weighted by Crippen LogP contribution is 2.07. The molecule has 0 saturated heterocycles. The fraction of sp³-hybridized carbons (Fsp3) is 0.462. The van der Waals surface area contributed by atoms with Crippen molar-refractivity contribution in [1.29, 1.82) is 0 Å². The second-order valence-electron chi connectivity index (χ2n) is 3.69. The molecule has 0 amide bonds. The topological polar surface area (TPSA) is 42.5 Å². The molecule has 0 atom stereocenters. The van der Waals surface area contributed by atoms with Crippen LogP contribution >= 0.6 is 12.2 Å². The second-order valence-corrected chi connectivity index (χ2v) is 4.10. The summed E-state index contributed by atoms with van der Waals surface area (Å²) >= 11 is 5.12. The molecule has 0 spiro atoms. The van der Waals surface area contributed by atoms with Crippen molar-refractivity contribution >= 4 is 17.3 Å². The van der Waals surface area contributed by atoms with Gasteiger partial charge < -0.3 is 20.1 Å². The molecular weight excluding hydrogens is 248 g/mol. The average Bonchev–Trinajstić information content (AvgIpc) is 2.41. The Bertz CT molecular complexity index is 333. The van der Waals surface area contributed by atoms with Gasteiger partial charge in [0.15, 0.2) is 5.11 Å². The highest BCUT2D eigenvalue weighted by atomic mass is 32.1. The van der Waals surface area contributed by atoms with Gasteiger partial charge in [0.2, 0.25) is 0 Å². The summed E-state index contributed by atoms with van der Waals surface area (Å²) in [6, 6.07) is 9.72. The van der Waals surface area contributed by atoms with E-state index in [0.717, 1.165) is 25.3 Å². The van der Waals surface area contributed by atoms with E-state index >= 15 is 0 Å². The summed E-state index contributed by atoms with van der Waals surface area (Å²) in [5, 5.41) is 6.84. The Balaban J connectivity index is 1.99. The molecule has 18 heavy (non-hydrogen) atoms. The van der Waals surface area contributed by atoms with Gasteiger partial charge >= 0.3 is 0 Å². The maximum Gasteiger partial charge on any atom is 0.166 e. The van der Waals surface area contributed by atoms with Crippen molar-refractivity contribution < 1.29 is 9.47 Å². The lowest BCUT2D eigenvalue weighted by Crippen LogP contribution is -2.38. The Morgan fingerprint density at radius 2 is 1.83 bits per heavy atom. The third-order valence-electron chi connectivity index (χ3n) is 2.21. The van der Waals surface area contributed by atoms with Gasteiger partial charge in [-0.25, -0.2) is 0 Å². The Labute approximate surface area is 114 Å². The highest BCUT2D eigenvalue weighted by Gasteiger charge is 1.95. The summed E-state index contributed by atoms with van der Waals surface area (Å²) in [6.45, 7) is 2.83. The van der Waals surface area contributed by atoms with E-state index in [9.17, 15) is 0 Å². The smallest absolute Gasteiger partial charge is 0.166 e. The number of rotatable bonds is 8. The van der Waals surface area contributed by atoms with E-state index in [2.05, 4.69) is 10.6 Å². The lowest BCUT2D eigenvalue weighted by molar-refractivity contribution is 0.195. The summed E-state index contributed by atoms with van der Waals surface area (Å²) in [5.74, 6) is 0.873. The van der Waals surface area contributed by atoms with Crippen LogP contribution in [0.4, 0.5) is 0 Å². The van der Waals surface area contributed by atoms with E-state index in [-0.39, 0.29) is 0 Å². The maximum atomic E-state index is 5.53. The minimum absolute atomic E-state index is 0.587. The van der Waals surface area contributed by atoms with Gasteiger partial charge in [-0.2, -0.15) is 0 Å². The van der Waals surface area contributed by atoms with Gasteiger partial charge in [0.1, 0.15) is 12.4 Å². The molecular formula is C13H20N2O2S. The van der Waals surface area contributed by atoms with Crippen LogP contribution in [-0.4, -0.2) is 38.5 Å². The van der Waals surface area contributed by atoms with Gasteiger partial charge in [-0.3, -0.25) is 0 Å². The van der Waals surface area contributed by atoms with Crippen LogP contribution in [0.2, 0.25) is 0 Å². The van der Waals surface area contributed by atoms with Gasteiger partial charge in [-0.1, -0.05) is 18.2 Å². The van der Waals surface area contributed by atoms with Gasteiger partial charge in [-0.05, 0) is 30.8 Å². The molecule has 0 aliphatic heterocycles. The fourth-order valence-electron chi connectivity index (χ4n) is 1.33. The molecule has 5 heteroatoms. The molecule has 1 aromatic carbocycles. The van der Waals surface area contributed by atoms with Crippen LogP contribution in [0.3, 0.4) is 0 Å². The zero-order valence-electron chi connectivity index (χ0n) is 10.6. The first-order chi connectivity index (χ1) is 8.83. The summed E-state index contributed by atoms with van der Waals surface area (Å²) in [7, 11) is 1.69. The minimum atomic E-state index is 0.587. The van der Waals surface area contributed by atoms with Crippen molar-refractivity contribution in [3.8, 4) is 5.75 Å². The van der Waals surface area contributed by atoms with Crippen molar-refractivity contribution in [3.05, 3.63) is 30.3 Å². The number of nitrogens with one attached hydrogen (secondary N) is 2. The second kappa shape index (κ2) is 9.67. The molecule has 0 aliphatic rings. The summed E-state index contributed by atoms with van der Waals surface area (Å²) in [4.78, 5) is 0. The van der Waals surface area contributed by atoms with E-state index in [4.69, 9.17) is 21.7 Å². The summed E-state index contributed by atoms with van der Waals surface area (Å²) < 4.78 is 10.5. The summed E-state index contributed by atoms with van der Waals surface area (Å²) in [6.07, 6.45) is 0.943. The Hall–Kier alpha value is -1.33. The molecule has 0 aliphatic carbocycles. The Morgan fingerprint density at radius 3 is 2.56 bits per heavy atom. The number of thiocarbonyl (C=S) groups is 1. The molecule has 0 heterocycles. The number of hydrogen-bond donors (Lipinski definition) is 2. The molecule has 2 N–H and O–H groups in total. The van der Waals surface area contributed by atoms with Gasteiger partial charge in [0.25, 0.3) is 0 Å².